The van der Waals surface area contributed by atoms with Gasteiger partial charge in [0.15, 0.2) is 11.5 Å². The zero-order chi connectivity index (χ0) is 13.0. The van der Waals surface area contributed by atoms with E-state index in [1.807, 2.05) is 6.92 Å². The summed E-state index contributed by atoms with van der Waals surface area (Å²) >= 11 is 6.22. The molecule has 0 fully saturated rings. The molecular weight excluding hydrogens is 242 g/mol. The predicted octanol–water partition coefficient (Wildman–Crippen LogP) is 2.52. The van der Waals surface area contributed by atoms with Crippen LogP contribution in [0, 0.1) is 0 Å². The van der Waals surface area contributed by atoms with Gasteiger partial charge in [0.2, 0.25) is 0 Å². The van der Waals surface area contributed by atoms with Crippen molar-refractivity contribution in [3.63, 3.8) is 0 Å². The lowest BCUT2D eigenvalue weighted by Gasteiger charge is -2.18. The third-order valence-corrected chi connectivity index (χ3v) is 3.10. The highest BCUT2D eigenvalue weighted by Gasteiger charge is 2.21. The van der Waals surface area contributed by atoms with Gasteiger partial charge >= 0.3 is 0 Å². The normalized spacial score (nSPS) is 12.3. The Morgan fingerprint density at radius 3 is 2.53 bits per heavy atom. The van der Waals surface area contributed by atoms with E-state index in [0.29, 0.717) is 28.6 Å². The van der Waals surface area contributed by atoms with Crippen LogP contribution in [0.1, 0.15) is 24.8 Å². The van der Waals surface area contributed by atoms with Crippen LogP contribution in [0.2, 0.25) is 5.02 Å². The van der Waals surface area contributed by atoms with Crippen molar-refractivity contribution in [2.75, 3.05) is 20.8 Å². The zero-order valence-electron chi connectivity index (χ0n) is 10.3. The second-order valence-electron chi connectivity index (χ2n) is 3.84. The lowest BCUT2D eigenvalue weighted by Crippen LogP contribution is -2.06. The van der Waals surface area contributed by atoms with Gasteiger partial charge in [0, 0.05) is 11.6 Å². The molecule has 0 saturated heterocycles. The second-order valence-corrected chi connectivity index (χ2v) is 4.22. The highest BCUT2D eigenvalue weighted by molar-refractivity contribution is 6.33. The number of phenolic OH excluding ortho intramolecular Hbond substituents is 1. The fraction of sp³-hybridized carbons (Fsp3) is 0.500. The molecule has 96 valence electrons. The average Bonchev–Trinajstić information content (AvgIpc) is 2.28. The van der Waals surface area contributed by atoms with Gasteiger partial charge in [0.25, 0.3) is 0 Å². The number of nitrogens with two attached hydrogens (primary N) is 1. The van der Waals surface area contributed by atoms with Crippen molar-refractivity contribution in [1.29, 1.82) is 0 Å². The predicted molar refractivity (Wildman–Crippen MR) is 68.3 cm³/mol. The third kappa shape index (κ3) is 2.76. The standard InChI is InChI=1S/C12H18ClNO3/c1-7(4-5-14)10-8(15)6-9(16-2)12(17-3)11(10)13/h6-7,15H,4-5,14H2,1-3H3. The number of rotatable bonds is 5. The Morgan fingerprint density at radius 1 is 1.41 bits per heavy atom. The van der Waals surface area contributed by atoms with E-state index in [1.54, 1.807) is 0 Å². The molecule has 0 aliphatic rings. The molecule has 4 nitrogen and oxygen atoms in total. The molecule has 0 heterocycles. The summed E-state index contributed by atoms with van der Waals surface area (Å²) in [5, 5.41) is 10.3. The molecule has 17 heavy (non-hydrogen) atoms. The van der Waals surface area contributed by atoms with Crippen LogP contribution in [0.3, 0.4) is 0 Å². The third-order valence-electron chi connectivity index (χ3n) is 2.72. The lowest BCUT2D eigenvalue weighted by atomic mass is 9.96. The maximum Gasteiger partial charge on any atom is 0.179 e. The Morgan fingerprint density at radius 2 is 2.06 bits per heavy atom. The number of phenols is 1. The molecule has 1 unspecified atom stereocenters. The highest BCUT2D eigenvalue weighted by atomic mass is 35.5. The monoisotopic (exact) mass is 259 g/mol. The first-order valence-electron chi connectivity index (χ1n) is 5.40. The van der Waals surface area contributed by atoms with E-state index in [2.05, 4.69) is 0 Å². The summed E-state index contributed by atoms with van der Waals surface area (Å²) in [6.07, 6.45) is 0.739. The van der Waals surface area contributed by atoms with Crippen molar-refractivity contribution in [3.8, 4) is 17.2 Å². The van der Waals surface area contributed by atoms with Crippen LogP contribution in [-0.4, -0.2) is 25.9 Å². The van der Waals surface area contributed by atoms with Crippen LogP contribution < -0.4 is 15.2 Å². The minimum absolute atomic E-state index is 0.0623. The summed E-state index contributed by atoms with van der Waals surface area (Å²) in [6.45, 7) is 2.49. The number of halogens is 1. The highest BCUT2D eigenvalue weighted by Crippen LogP contribution is 2.45. The number of ether oxygens (including phenoxy) is 2. The second kappa shape index (κ2) is 5.98. The first kappa shape index (κ1) is 13.9. The van der Waals surface area contributed by atoms with Crippen LogP contribution in [0.4, 0.5) is 0 Å². The molecule has 0 amide bonds. The lowest BCUT2D eigenvalue weighted by molar-refractivity contribution is 0.350. The van der Waals surface area contributed by atoms with Gasteiger partial charge in [-0.3, -0.25) is 0 Å². The van der Waals surface area contributed by atoms with Crippen molar-refractivity contribution in [3.05, 3.63) is 16.7 Å². The molecule has 1 rings (SSSR count). The molecule has 0 bridgehead atoms. The number of methoxy groups -OCH3 is 2. The summed E-state index contributed by atoms with van der Waals surface area (Å²) in [5.74, 6) is 1.02. The average molecular weight is 260 g/mol. The topological polar surface area (TPSA) is 64.7 Å². The van der Waals surface area contributed by atoms with Crippen molar-refractivity contribution in [2.45, 2.75) is 19.3 Å². The Bertz CT molecular complexity index is 396. The van der Waals surface area contributed by atoms with Crippen LogP contribution >= 0.6 is 11.6 Å². The van der Waals surface area contributed by atoms with E-state index >= 15 is 0 Å². The molecule has 1 aromatic carbocycles. The number of hydrogen-bond donors (Lipinski definition) is 2. The molecule has 0 aliphatic carbocycles. The van der Waals surface area contributed by atoms with E-state index in [-0.39, 0.29) is 11.7 Å². The number of hydrogen-bond acceptors (Lipinski definition) is 4. The van der Waals surface area contributed by atoms with Gasteiger partial charge < -0.3 is 20.3 Å². The molecule has 0 aromatic heterocycles. The van der Waals surface area contributed by atoms with E-state index in [1.165, 1.54) is 20.3 Å². The van der Waals surface area contributed by atoms with Crippen molar-refractivity contribution in [1.82, 2.24) is 0 Å². The van der Waals surface area contributed by atoms with E-state index < -0.39 is 0 Å². The van der Waals surface area contributed by atoms with Crippen molar-refractivity contribution < 1.29 is 14.6 Å². The van der Waals surface area contributed by atoms with E-state index in [0.717, 1.165) is 6.42 Å². The minimum Gasteiger partial charge on any atom is -0.507 e. The maximum atomic E-state index is 9.96. The molecular formula is C12H18ClNO3. The van der Waals surface area contributed by atoms with Gasteiger partial charge in [-0.2, -0.15) is 0 Å². The number of benzene rings is 1. The molecule has 0 radical (unpaired) electrons. The number of aromatic hydroxyl groups is 1. The van der Waals surface area contributed by atoms with Crippen LogP contribution in [-0.2, 0) is 0 Å². The van der Waals surface area contributed by atoms with Crippen LogP contribution in [0.15, 0.2) is 6.07 Å². The summed E-state index contributed by atoms with van der Waals surface area (Å²) in [6, 6.07) is 1.51. The summed E-state index contributed by atoms with van der Waals surface area (Å²) in [5.41, 5.74) is 6.16. The van der Waals surface area contributed by atoms with Gasteiger partial charge in [-0.05, 0) is 18.9 Å². The zero-order valence-corrected chi connectivity index (χ0v) is 11.0. The molecule has 1 atom stereocenters. The Kier molecular flexibility index (Phi) is 4.90. The summed E-state index contributed by atoms with van der Waals surface area (Å²) in [7, 11) is 3.01. The van der Waals surface area contributed by atoms with E-state index in [4.69, 9.17) is 26.8 Å². The van der Waals surface area contributed by atoms with Crippen molar-refractivity contribution >= 4 is 11.6 Å². The first-order chi connectivity index (χ1) is 8.06. The minimum atomic E-state index is 0.0623. The maximum absolute atomic E-state index is 9.96. The van der Waals surface area contributed by atoms with Gasteiger partial charge in [0.05, 0.1) is 19.2 Å². The molecule has 0 aliphatic heterocycles. The molecule has 0 saturated carbocycles. The Labute approximate surface area is 106 Å². The van der Waals surface area contributed by atoms with Gasteiger partial charge in [-0.15, -0.1) is 0 Å². The molecule has 0 spiro atoms. The fourth-order valence-electron chi connectivity index (χ4n) is 1.82. The van der Waals surface area contributed by atoms with Gasteiger partial charge in [0.1, 0.15) is 5.75 Å². The summed E-state index contributed by atoms with van der Waals surface area (Å²) in [4.78, 5) is 0. The van der Waals surface area contributed by atoms with Crippen LogP contribution in [0.5, 0.6) is 17.2 Å². The van der Waals surface area contributed by atoms with Gasteiger partial charge in [-0.25, -0.2) is 0 Å². The Balaban J connectivity index is 3.31. The van der Waals surface area contributed by atoms with Crippen molar-refractivity contribution in [2.24, 2.45) is 5.73 Å². The Hall–Kier alpha value is -1.13. The van der Waals surface area contributed by atoms with Crippen LogP contribution in [0.25, 0.3) is 0 Å². The quantitative estimate of drug-likeness (QED) is 0.853. The smallest absolute Gasteiger partial charge is 0.179 e. The molecule has 1 aromatic rings. The largest absolute Gasteiger partial charge is 0.507 e. The first-order valence-corrected chi connectivity index (χ1v) is 5.78. The van der Waals surface area contributed by atoms with E-state index in [9.17, 15) is 5.11 Å². The summed E-state index contributed by atoms with van der Waals surface area (Å²) < 4.78 is 10.3. The van der Waals surface area contributed by atoms with Gasteiger partial charge in [-0.1, -0.05) is 18.5 Å². The molecule has 3 N–H and O–H groups in total. The fourth-order valence-corrected chi connectivity index (χ4v) is 2.27. The SMILES string of the molecule is COc1cc(O)c(C(C)CCN)c(Cl)c1OC. The molecule has 5 heteroatoms.